The summed E-state index contributed by atoms with van der Waals surface area (Å²) in [6, 6.07) is 4.80. The van der Waals surface area contributed by atoms with Crippen LogP contribution in [0, 0.1) is 5.92 Å². The van der Waals surface area contributed by atoms with Crippen LogP contribution in [-0.2, 0) is 14.8 Å². The molecule has 3 rings (SSSR count). The molecule has 26 heavy (non-hydrogen) atoms. The Hall–Kier alpha value is -1.86. The normalized spacial score (nSPS) is 21.3. The number of allylic oxidation sites excluding steroid dienone is 2. The SMILES string of the molecule is COc1ccc(NC(=O)C2CC=CCC2)cc1S(=O)(=O)N1CCCCC1. The average molecular weight is 378 g/mol. The van der Waals surface area contributed by atoms with Crippen molar-refractivity contribution in [3.63, 3.8) is 0 Å². The minimum Gasteiger partial charge on any atom is -0.495 e. The summed E-state index contributed by atoms with van der Waals surface area (Å²) in [4.78, 5) is 12.6. The highest BCUT2D eigenvalue weighted by atomic mass is 32.2. The van der Waals surface area contributed by atoms with Crippen LogP contribution < -0.4 is 10.1 Å². The Labute approximate surface area is 155 Å². The third kappa shape index (κ3) is 4.10. The van der Waals surface area contributed by atoms with E-state index in [1.165, 1.54) is 17.5 Å². The molecule has 1 heterocycles. The maximum Gasteiger partial charge on any atom is 0.246 e. The van der Waals surface area contributed by atoms with Crippen molar-refractivity contribution in [3.05, 3.63) is 30.4 Å². The second-order valence-electron chi connectivity index (χ2n) is 6.80. The number of benzene rings is 1. The van der Waals surface area contributed by atoms with E-state index in [9.17, 15) is 13.2 Å². The Balaban J connectivity index is 1.84. The number of hydrogen-bond acceptors (Lipinski definition) is 4. The summed E-state index contributed by atoms with van der Waals surface area (Å²) in [6.45, 7) is 1.05. The fourth-order valence-electron chi connectivity index (χ4n) is 3.48. The summed E-state index contributed by atoms with van der Waals surface area (Å²) >= 11 is 0. The number of carbonyl (C=O) groups is 1. The largest absolute Gasteiger partial charge is 0.495 e. The fourth-order valence-corrected chi connectivity index (χ4v) is 5.18. The monoisotopic (exact) mass is 378 g/mol. The van der Waals surface area contributed by atoms with Gasteiger partial charge in [0.15, 0.2) is 0 Å². The van der Waals surface area contributed by atoms with Crippen molar-refractivity contribution in [1.82, 2.24) is 4.31 Å². The first-order chi connectivity index (χ1) is 12.5. The van der Waals surface area contributed by atoms with Crippen molar-refractivity contribution < 1.29 is 17.9 Å². The summed E-state index contributed by atoms with van der Waals surface area (Å²) in [6.07, 6.45) is 9.33. The van der Waals surface area contributed by atoms with E-state index in [1.54, 1.807) is 12.1 Å². The summed E-state index contributed by atoms with van der Waals surface area (Å²) in [5.41, 5.74) is 0.487. The van der Waals surface area contributed by atoms with Crippen LogP contribution in [0.5, 0.6) is 5.75 Å². The van der Waals surface area contributed by atoms with Gasteiger partial charge in [-0.1, -0.05) is 18.6 Å². The standard InChI is InChI=1S/C19H26N2O4S/c1-25-17-11-10-16(20-19(22)15-8-4-2-5-9-15)14-18(17)26(23,24)21-12-6-3-7-13-21/h2,4,10-11,14-15H,3,5-9,12-13H2,1H3,(H,20,22). The first-order valence-corrected chi connectivity index (χ1v) is 10.6. The first kappa shape index (κ1) is 18.9. The van der Waals surface area contributed by atoms with Crippen LogP contribution in [0.1, 0.15) is 38.5 Å². The molecule has 2 aliphatic rings. The highest BCUT2D eigenvalue weighted by Gasteiger charge is 2.29. The van der Waals surface area contributed by atoms with E-state index in [-0.39, 0.29) is 16.7 Å². The molecular formula is C19H26N2O4S. The molecule has 1 saturated heterocycles. The van der Waals surface area contributed by atoms with E-state index in [1.807, 2.05) is 6.08 Å². The van der Waals surface area contributed by atoms with Crippen molar-refractivity contribution in [2.24, 2.45) is 5.92 Å². The van der Waals surface area contributed by atoms with Gasteiger partial charge in [-0.15, -0.1) is 0 Å². The van der Waals surface area contributed by atoms with Gasteiger partial charge in [-0.2, -0.15) is 4.31 Å². The molecule has 6 nitrogen and oxygen atoms in total. The number of rotatable bonds is 5. The highest BCUT2D eigenvalue weighted by Crippen LogP contribution is 2.31. The zero-order chi connectivity index (χ0) is 18.6. The third-order valence-electron chi connectivity index (χ3n) is 5.00. The number of sulfonamides is 1. The van der Waals surface area contributed by atoms with Crippen LogP contribution in [0.15, 0.2) is 35.2 Å². The number of piperidine rings is 1. The Morgan fingerprint density at radius 2 is 1.96 bits per heavy atom. The predicted octanol–water partition coefficient (Wildman–Crippen LogP) is 3.16. The molecule has 1 aromatic carbocycles. The lowest BCUT2D eigenvalue weighted by Gasteiger charge is -2.26. The van der Waals surface area contributed by atoms with Crippen LogP contribution >= 0.6 is 0 Å². The van der Waals surface area contributed by atoms with Crippen molar-refractivity contribution in [3.8, 4) is 5.75 Å². The number of hydrogen-bond donors (Lipinski definition) is 1. The van der Waals surface area contributed by atoms with E-state index in [0.29, 0.717) is 24.5 Å². The van der Waals surface area contributed by atoms with Gasteiger partial charge in [-0.25, -0.2) is 8.42 Å². The van der Waals surface area contributed by atoms with E-state index in [0.717, 1.165) is 38.5 Å². The van der Waals surface area contributed by atoms with E-state index in [2.05, 4.69) is 11.4 Å². The molecule has 0 aromatic heterocycles. The van der Waals surface area contributed by atoms with Crippen LogP contribution in [0.3, 0.4) is 0 Å². The average Bonchev–Trinajstić information content (AvgIpc) is 2.69. The summed E-state index contributed by atoms with van der Waals surface area (Å²) in [5.74, 6) is 0.166. The smallest absolute Gasteiger partial charge is 0.246 e. The van der Waals surface area contributed by atoms with Gasteiger partial charge in [0.05, 0.1) is 7.11 Å². The quantitative estimate of drug-likeness (QED) is 0.799. The van der Waals surface area contributed by atoms with Gasteiger partial charge in [-0.05, 0) is 50.3 Å². The molecule has 1 unspecified atom stereocenters. The summed E-state index contributed by atoms with van der Waals surface area (Å²) in [7, 11) is -2.19. The zero-order valence-electron chi connectivity index (χ0n) is 15.1. The topological polar surface area (TPSA) is 75.7 Å². The van der Waals surface area contributed by atoms with Crippen molar-refractivity contribution in [2.45, 2.75) is 43.4 Å². The molecule has 1 atom stereocenters. The molecule has 0 spiro atoms. The van der Waals surface area contributed by atoms with Gasteiger partial charge in [0, 0.05) is 24.7 Å². The van der Waals surface area contributed by atoms with Gasteiger partial charge in [0.1, 0.15) is 10.6 Å². The minimum absolute atomic E-state index is 0.0655. The first-order valence-electron chi connectivity index (χ1n) is 9.16. The van der Waals surface area contributed by atoms with Crippen molar-refractivity contribution in [1.29, 1.82) is 0 Å². The van der Waals surface area contributed by atoms with E-state index >= 15 is 0 Å². The van der Waals surface area contributed by atoms with Crippen LogP contribution in [0.4, 0.5) is 5.69 Å². The molecule has 0 radical (unpaired) electrons. The highest BCUT2D eigenvalue weighted by molar-refractivity contribution is 7.89. The van der Waals surface area contributed by atoms with Crippen LogP contribution in [0.2, 0.25) is 0 Å². The van der Waals surface area contributed by atoms with Gasteiger partial charge < -0.3 is 10.1 Å². The van der Waals surface area contributed by atoms with Crippen molar-refractivity contribution in [2.75, 3.05) is 25.5 Å². The Morgan fingerprint density at radius 3 is 2.62 bits per heavy atom. The van der Waals surface area contributed by atoms with Gasteiger partial charge in [-0.3, -0.25) is 4.79 Å². The maximum atomic E-state index is 13.0. The fraction of sp³-hybridized carbons (Fsp3) is 0.526. The number of ether oxygens (including phenoxy) is 1. The lowest BCUT2D eigenvalue weighted by molar-refractivity contribution is -0.120. The molecule has 1 aliphatic heterocycles. The number of methoxy groups -OCH3 is 1. The number of amides is 1. The Bertz CT molecular complexity index is 783. The maximum absolute atomic E-state index is 13.0. The van der Waals surface area contributed by atoms with E-state index in [4.69, 9.17) is 4.74 Å². The molecule has 1 aliphatic carbocycles. The second-order valence-corrected chi connectivity index (χ2v) is 8.71. The number of nitrogens with one attached hydrogen (secondary N) is 1. The zero-order valence-corrected chi connectivity index (χ0v) is 15.9. The van der Waals surface area contributed by atoms with Gasteiger partial charge in [0.2, 0.25) is 15.9 Å². The molecular weight excluding hydrogens is 352 g/mol. The molecule has 7 heteroatoms. The van der Waals surface area contributed by atoms with E-state index < -0.39 is 10.0 Å². The van der Waals surface area contributed by atoms with Gasteiger partial charge in [0.25, 0.3) is 0 Å². The van der Waals surface area contributed by atoms with Crippen LogP contribution in [0.25, 0.3) is 0 Å². The molecule has 142 valence electrons. The van der Waals surface area contributed by atoms with Crippen LogP contribution in [-0.4, -0.2) is 38.8 Å². The molecule has 0 bridgehead atoms. The van der Waals surface area contributed by atoms with Gasteiger partial charge >= 0.3 is 0 Å². The lowest BCUT2D eigenvalue weighted by atomic mass is 9.93. The van der Waals surface area contributed by atoms with Crippen molar-refractivity contribution >= 4 is 21.6 Å². The third-order valence-corrected chi connectivity index (χ3v) is 6.92. The second kappa shape index (κ2) is 8.22. The Morgan fingerprint density at radius 1 is 1.19 bits per heavy atom. The number of nitrogens with zero attached hydrogens (tertiary/aromatic N) is 1. The summed E-state index contributed by atoms with van der Waals surface area (Å²) < 4.78 is 32.8. The predicted molar refractivity (Wildman–Crippen MR) is 101 cm³/mol. The molecule has 0 saturated carbocycles. The number of carbonyl (C=O) groups excluding carboxylic acids is 1. The molecule has 1 aromatic rings. The molecule has 1 N–H and O–H groups in total. The minimum atomic E-state index is -3.64. The molecule has 1 amide bonds. The number of anilines is 1. The lowest BCUT2D eigenvalue weighted by Crippen LogP contribution is -2.35. The summed E-state index contributed by atoms with van der Waals surface area (Å²) in [5, 5.41) is 2.87. The Kier molecular flexibility index (Phi) is 5.98. The molecule has 1 fully saturated rings.